The molecule has 1 fully saturated rings. The van der Waals surface area contributed by atoms with E-state index in [2.05, 4.69) is 27.2 Å². The Balaban J connectivity index is 2.22. The van der Waals surface area contributed by atoms with Crippen LogP contribution in [0.4, 0.5) is 11.6 Å². The Morgan fingerprint density at radius 3 is 2.70 bits per heavy atom. The van der Waals surface area contributed by atoms with Gasteiger partial charge in [-0.15, -0.1) is 0 Å². The summed E-state index contributed by atoms with van der Waals surface area (Å²) in [5.41, 5.74) is 2.62. The maximum absolute atomic E-state index is 5.51. The summed E-state index contributed by atoms with van der Waals surface area (Å²) in [6.07, 6.45) is 5.09. The molecule has 2 rings (SSSR count). The van der Waals surface area contributed by atoms with Crippen LogP contribution in [0, 0.1) is 0 Å². The zero-order valence-electron chi connectivity index (χ0n) is 12.4. The highest BCUT2D eigenvalue weighted by Crippen LogP contribution is 2.28. The van der Waals surface area contributed by atoms with E-state index >= 15 is 0 Å². The quantitative estimate of drug-likeness (QED) is 0.588. The molecule has 0 bridgehead atoms. The maximum Gasteiger partial charge on any atom is 0.158 e. The molecule has 0 unspecified atom stereocenters. The Kier molecular flexibility index (Phi) is 5.55. The van der Waals surface area contributed by atoms with E-state index in [0.717, 1.165) is 12.4 Å². The molecular formula is C14H25N5O. The van der Waals surface area contributed by atoms with Gasteiger partial charge in [-0.3, -0.25) is 0 Å². The van der Waals surface area contributed by atoms with Gasteiger partial charge in [-0.1, -0.05) is 12.8 Å². The van der Waals surface area contributed by atoms with Crippen molar-refractivity contribution in [2.45, 2.75) is 52.2 Å². The molecule has 112 valence electrons. The van der Waals surface area contributed by atoms with Gasteiger partial charge in [0.15, 0.2) is 5.82 Å². The molecule has 1 saturated carbocycles. The Morgan fingerprint density at radius 1 is 1.35 bits per heavy atom. The van der Waals surface area contributed by atoms with Crippen molar-refractivity contribution in [2.24, 2.45) is 5.84 Å². The lowest BCUT2D eigenvalue weighted by Gasteiger charge is -2.29. The smallest absolute Gasteiger partial charge is 0.158 e. The van der Waals surface area contributed by atoms with Crippen molar-refractivity contribution in [3.8, 4) is 0 Å². The fraction of sp³-hybridized carbons (Fsp3) is 0.714. The van der Waals surface area contributed by atoms with Gasteiger partial charge in [0.1, 0.15) is 18.2 Å². The minimum atomic E-state index is 0.418. The topological polar surface area (TPSA) is 76.3 Å². The van der Waals surface area contributed by atoms with Crippen LogP contribution in [-0.2, 0) is 11.3 Å². The van der Waals surface area contributed by atoms with E-state index in [1.54, 1.807) is 0 Å². The van der Waals surface area contributed by atoms with Crippen LogP contribution in [0.5, 0.6) is 0 Å². The van der Waals surface area contributed by atoms with E-state index in [9.17, 15) is 0 Å². The lowest BCUT2D eigenvalue weighted by atomic mass is 10.2. The third kappa shape index (κ3) is 3.58. The number of hydrazine groups is 1. The molecule has 1 aliphatic carbocycles. The van der Waals surface area contributed by atoms with E-state index in [1.165, 1.54) is 25.7 Å². The first-order valence-corrected chi connectivity index (χ1v) is 7.47. The molecule has 0 radical (unpaired) electrons. The predicted molar refractivity (Wildman–Crippen MR) is 80.4 cm³/mol. The molecule has 0 atom stereocenters. The molecule has 1 aromatic rings. The van der Waals surface area contributed by atoms with Crippen molar-refractivity contribution >= 4 is 11.6 Å². The lowest BCUT2D eigenvalue weighted by molar-refractivity contribution is 0.128. The normalized spacial score (nSPS) is 15.6. The summed E-state index contributed by atoms with van der Waals surface area (Å²) in [5.74, 6) is 7.77. The van der Waals surface area contributed by atoms with Gasteiger partial charge in [-0.05, 0) is 26.7 Å². The van der Waals surface area contributed by atoms with Gasteiger partial charge < -0.3 is 15.1 Å². The second-order valence-corrected chi connectivity index (χ2v) is 5.03. The second kappa shape index (κ2) is 7.40. The van der Waals surface area contributed by atoms with Crippen LogP contribution < -0.4 is 16.2 Å². The zero-order chi connectivity index (χ0) is 14.4. The molecule has 3 N–H and O–H groups in total. The summed E-state index contributed by atoms with van der Waals surface area (Å²) in [5, 5.41) is 0. The van der Waals surface area contributed by atoms with Crippen molar-refractivity contribution in [2.75, 3.05) is 23.5 Å². The van der Waals surface area contributed by atoms with Gasteiger partial charge in [0, 0.05) is 25.3 Å². The number of ether oxygens (including phenoxy) is 1. The van der Waals surface area contributed by atoms with Crippen molar-refractivity contribution in [3.63, 3.8) is 0 Å². The number of nitrogens with one attached hydrogen (secondary N) is 1. The number of aromatic nitrogens is 2. The molecule has 6 heteroatoms. The van der Waals surface area contributed by atoms with Crippen molar-refractivity contribution in [1.82, 2.24) is 9.97 Å². The minimum Gasteiger partial charge on any atom is -0.374 e. The number of anilines is 2. The molecule has 6 nitrogen and oxygen atoms in total. The average molecular weight is 279 g/mol. The predicted octanol–water partition coefficient (Wildman–Crippen LogP) is 2.07. The molecule has 0 aromatic carbocycles. The zero-order valence-corrected chi connectivity index (χ0v) is 12.4. The largest absolute Gasteiger partial charge is 0.374 e. The van der Waals surface area contributed by atoms with Gasteiger partial charge >= 0.3 is 0 Å². The van der Waals surface area contributed by atoms with Gasteiger partial charge in [-0.2, -0.15) is 0 Å². The summed E-state index contributed by atoms with van der Waals surface area (Å²) in [4.78, 5) is 11.3. The second-order valence-electron chi connectivity index (χ2n) is 5.03. The van der Waals surface area contributed by atoms with E-state index in [4.69, 9.17) is 10.6 Å². The van der Waals surface area contributed by atoms with Crippen LogP contribution in [0.15, 0.2) is 6.07 Å². The SMILES string of the molecule is CCOCc1nc(NN)cc(N(CC)C2CCCC2)n1. The molecule has 1 aromatic heterocycles. The summed E-state index contributed by atoms with van der Waals surface area (Å²) in [6, 6.07) is 2.50. The fourth-order valence-corrected chi connectivity index (χ4v) is 2.79. The van der Waals surface area contributed by atoms with Gasteiger partial charge in [0.05, 0.1) is 0 Å². The monoisotopic (exact) mass is 279 g/mol. The van der Waals surface area contributed by atoms with Crippen molar-refractivity contribution < 1.29 is 4.74 Å². The highest BCUT2D eigenvalue weighted by atomic mass is 16.5. The first-order chi connectivity index (χ1) is 9.78. The van der Waals surface area contributed by atoms with E-state index < -0.39 is 0 Å². The first-order valence-electron chi connectivity index (χ1n) is 7.47. The Labute approximate surface area is 120 Å². The molecular weight excluding hydrogens is 254 g/mol. The van der Waals surface area contributed by atoms with E-state index in [1.807, 2.05) is 13.0 Å². The first kappa shape index (κ1) is 15.0. The van der Waals surface area contributed by atoms with Gasteiger partial charge in [0.25, 0.3) is 0 Å². The molecule has 0 saturated heterocycles. The van der Waals surface area contributed by atoms with Crippen LogP contribution in [0.25, 0.3) is 0 Å². The summed E-state index contributed by atoms with van der Waals surface area (Å²) < 4.78 is 5.40. The fourth-order valence-electron chi connectivity index (χ4n) is 2.79. The maximum atomic E-state index is 5.51. The Bertz CT molecular complexity index is 420. The number of nitrogens with zero attached hydrogens (tertiary/aromatic N) is 3. The van der Waals surface area contributed by atoms with Crippen molar-refractivity contribution in [3.05, 3.63) is 11.9 Å². The Hall–Kier alpha value is -1.40. The highest BCUT2D eigenvalue weighted by Gasteiger charge is 2.23. The molecule has 0 amide bonds. The number of hydrogen-bond donors (Lipinski definition) is 2. The number of hydrogen-bond acceptors (Lipinski definition) is 6. The summed E-state index contributed by atoms with van der Waals surface area (Å²) in [7, 11) is 0. The standard InChI is InChI=1S/C14H25N5O/c1-3-19(11-7-5-6-8-11)14-9-12(18-15)16-13(17-14)10-20-4-2/h9,11H,3-8,10,15H2,1-2H3,(H,16,17,18). The lowest BCUT2D eigenvalue weighted by Crippen LogP contribution is -2.34. The summed E-state index contributed by atoms with van der Waals surface area (Å²) in [6.45, 7) is 6.14. The molecule has 20 heavy (non-hydrogen) atoms. The molecule has 0 spiro atoms. The highest BCUT2D eigenvalue weighted by molar-refractivity contribution is 5.49. The minimum absolute atomic E-state index is 0.418. The Morgan fingerprint density at radius 2 is 2.10 bits per heavy atom. The number of rotatable bonds is 7. The van der Waals surface area contributed by atoms with Crippen LogP contribution in [-0.4, -0.2) is 29.2 Å². The van der Waals surface area contributed by atoms with Crippen LogP contribution in [0.2, 0.25) is 0 Å². The third-order valence-corrected chi connectivity index (χ3v) is 3.74. The van der Waals surface area contributed by atoms with E-state index in [-0.39, 0.29) is 0 Å². The van der Waals surface area contributed by atoms with Crippen molar-refractivity contribution in [1.29, 1.82) is 0 Å². The van der Waals surface area contributed by atoms with Gasteiger partial charge in [-0.25, -0.2) is 15.8 Å². The summed E-state index contributed by atoms with van der Waals surface area (Å²) >= 11 is 0. The molecule has 0 aliphatic heterocycles. The number of nitrogen functional groups attached to an aromatic ring is 1. The number of nitrogens with two attached hydrogens (primary N) is 1. The van der Waals surface area contributed by atoms with Crippen LogP contribution in [0.1, 0.15) is 45.4 Å². The van der Waals surface area contributed by atoms with Crippen LogP contribution >= 0.6 is 0 Å². The van der Waals surface area contributed by atoms with E-state index in [0.29, 0.717) is 30.9 Å². The van der Waals surface area contributed by atoms with Crippen LogP contribution in [0.3, 0.4) is 0 Å². The third-order valence-electron chi connectivity index (χ3n) is 3.74. The van der Waals surface area contributed by atoms with Gasteiger partial charge in [0.2, 0.25) is 0 Å². The average Bonchev–Trinajstić information content (AvgIpc) is 2.99. The molecule has 1 aliphatic rings. The molecule has 1 heterocycles.